The Balaban J connectivity index is 2.61. The Morgan fingerprint density at radius 3 is 2.69 bits per heavy atom. The third kappa shape index (κ3) is 3.86. The van der Waals surface area contributed by atoms with Crippen LogP contribution in [0.5, 0.6) is 5.75 Å². The molecule has 5 heteroatoms. The number of hydrogen-bond acceptors (Lipinski definition) is 4. The van der Waals surface area contributed by atoms with Crippen LogP contribution >= 0.6 is 0 Å². The van der Waals surface area contributed by atoms with Crippen molar-refractivity contribution in [3.8, 4) is 5.75 Å². The van der Waals surface area contributed by atoms with Crippen LogP contribution in [0, 0.1) is 0 Å². The van der Waals surface area contributed by atoms with E-state index in [4.69, 9.17) is 15.6 Å². The van der Waals surface area contributed by atoms with Crippen molar-refractivity contribution in [2.75, 3.05) is 0 Å². The summed E-state index contributed by atoms with van der Waals surface area (Å²) in [5.74, 6) is -0.553. The van der Waals surface area contributed by atoms with Gasteiger partial charge in [0.1, 0.15) is 5.75 Å². The van der Waals surface area contributed by atoms with Crippen molar-refractivity contribution < 1.29 is 14.6 Å². The van der Waals surface area contributed by atoms with Crippen LogP contribution in [0.25, 0.3) is 0 Å². The third-order valence-corrected chi connectivity index (χ3v) is 1.99. The number of aliphatic carboxylic acids is 1. The van der Waals surface area contributed by atoms with Crippen LogP contribution < -0.4 is 10.5 Å². The van der Waals surface area contributed by atoms with Crippen LogP contribution in [0.4, 0.5) is 0 Å². The van der Waals surface area contributed by atoms with Gasteiger partial charge >= 0.3 is 5.97 Å². The van der Waals surface area contributed by atoms with Gasteiger partial charge in [-0.1, -0.05) is 0 Å². The minimum atomic E-state index is -1.00. The lowest BCUT2D eigenvalue weighted by Gasteiger charge is -2.10. The molecule has 0 aromatic carbocycles. The average molecular weight is 224 g/mol. The molecule has 1 rings (SSSR count). The van der Waals surface area contributed by atoms with Crippen LogP contribution in [0.1, 0.15) is 19.5 Å². The zero-order valence-electron chi connectivity index (χ0n) is 9.38. The van der Waals surface area contributed by atoms with Gasteiger partial charge in [-0.25, -0.2) is 4.79 Å². The van der Waals surface area contributed by atoms with E-state index in [1.165, 1.54) is 13.1 Å². The number of carboxylic acid groups (broad SMARTS) is 1. The van der Waals surface area contributed by atoms with Crippen LogP contribution in [0.3, 0.4) is 0 Å². The zero-order valence-corrected chi connectivity index (χ0v) is 9.38. The highest BCUT2D eigenvalue weighted by atomic mass is 16.5. The maximum absolute atomic E-state index is 10.6. The minimum absolute atomic E-state index is 0.0530. The van der Waals surface area contributed by atoms with Gasteiger partial charge in [0.2, 0.25) is 0 Å². The van der Waals surface area contributed by atoms with Gasteiger partial charge in [0, 0.05) is 18.2 Å². The lowest BCUT2D eigenvalue weighted by molar-refractivity contribution is -0.144. The second kappa shape index (κ2) is 5.46. The van der Waals surface area contributed by atoms with Crippen LogP contribution in [0.15, 0.2) is 18.3 Å². The minimum Gasteiger partial charge on any atom is -0.479 e. The van der Waals surface area contributed by atoms with Gasteiger partial charge in [0.05, 0.1) is 6.20 Å². The SMILES string of the molecule is CC(N)Cc1ccc(OC(C)C(=O)O)cn1. The molecule has 16 heavy (non-hydrogen) atoms. The van der Waals surface area contributed by atoms with E-state index in [1.807, 2.05) is 6.92 Å². The van der Waals surface area contributed by atoms with Crippen molar-refractivity contribution in [1.29, 1.82) is 0 Å². The molecular formula is C11H16N2O3. The molecule has 2 atom stereocenters. The first-order valence-corrected chi connectivity index (χ1v) is 5.09. The van der Waals surface area contributed by atoms with E-state index < -0.39 is 12.1 Å². The first kappa shape index (κ1) is 12.4. The fourth-order valence-corrected chi connectivity index (χ4v) is 1.19. The first-order valence-electron chi connectivity index (χ1n) is 5.09. The summed E-state index contributed by atoms with van der Waals surface area (Å²) >= 11 is 0. The van der Waals surface area contributed by atoms with Crippen molar-refractivity contribution in [2.45, 2.75) is 32.4 Å². The number of carboxylic acids is 1. The first-order chi connectivity index (χ1) is 7.49. The molecule has 0 aliphatic rings. The van der Waals surface area contributed by atoms with Gasteiger partial charge in [0.15, 0.2) is 6.10 Å². The molecule has 0 saturated heterocycles. The topological polar surface area (TPSA) is 85.4 Å². The predicted octanol–water partition coefficient (Wildman–Crippen LogP) is 0.823. The zero-order chi connectivity index (χ0) is 12.1. The molecule has 0 spiro atoms. The molecule has 1 aromatic rings. The van der Waals surface area contributed by atoms with Crippen LogP contribution in [-0.4, -0.2) is 28.2 Å². The molecular weight excluding hydrogens is 208 g/mol. The number of aromatic nitrogens is 1. The Hall–Kier alpha value is -1.62. The quantitative estimate of drug-likeness (QED) is 0.773. The summed E-state index contributed by atoms with van der Waals surface area (Å²) in [5.41, 5.74) is 6.50. The fraction of sp³-hybridized carbons (Fsp3) is 0.455. The Bertz CT molecular complexity index is 349. The number of hydrogen-bond donors (Lipinski definition) is 2. The van der Waals surface area contributed by atoms with E-state index in [2.05, 4.69) is 4.98 Å². The molecule has 1 heterocycles. The normalized spacial score (nSPS) is 14.2. The van der Waals surface area contributed by atoms with Crippen molar-refractivity contribution in [3.63, 3.8) is 0 Å². The van der Waals surface area contributed by atoms with E-state index in [-0.39, 0.29) is 6.04 Å². The Morgan fingerprint density at radius 2 is 2.25 bits per heavy atom. The molecule has 0 fully saturated rings. The second-order valence-corrected chi connectivity index (χ2v) is 3.76. The molecule has 2 unspecified atom stereocenters. The number of rotatable bonds is 5. The summed E-state index contributed by atoms with van der Waals surface area (Å²) in [6.45, 7) is 3.37. The van der Waals surface area contributed by atoms with E-state index in [1.54, 1.807) is 12.1 Å². The lowest BCUT2D eigenvalue weighted by Crippen LogP contribution is -2.23. The van der Waals surface area contributed by atoms with Gasteiger partial charge in [-0.05, 0) is 26.0 Å². The number of pyridine rings is 1. The van der Waals surface area contributed by atoms with Gasteiger partial charge in [-0.3, -0.25) is 4.98 Å². The summed E-state index contributed by atoms with van der Waals surface area (Å²) in [6.07, 6.45) is 1.33. The second-order valence-electron chi connectivity index (χ2n) is 3.76. The van der Waals surface area contributed by atoms with E-state index in [9.17, 15) is 4.79 Å². The molecule has 3 N–H and O–H groups in total. The number of ether oxygens (including phenoxy) is 1. The average Bonchev–Trinajstić information content (AvgIpc) is 2.20. The van der Waals surface area contributed by atoms with Gasteiger partial charge in [-0.2, -0.15) is 0 Å². The van der Waals surface area contributed by atoms with E-state index in [0.29, 0.717) is 12.2 Å². The van der Waals surface area contributed by atoms with Crippen LogP contribution in [-0.2, 0) is 11.2 Å². The molecule has 0 aliphatic carbocycles. The van der Waals surface area contributed by atoms with Crippen molar-refractivity contribution in [3.05, 3.63) is 24.0 Å². The summed E-state index contributed by atoms with van der Waals surface area (Å²) in [4.78, 5) is 14.7. The Morgan fingerprint density at radius 1 is 1.56 bits per heavy atom. The van der Waals surface area contributed by atoms with Gasteiger partial charge < -0.3 is 15.6 Å². The summed E-state index contributed by atoms with van der Waals surface area (Å²) < 4.78 is 5.14. The molecule has 1 aromatic heterocycles. The highest BCUT2D eigenvalue weighted by molar-refractivity contribution is 5.72. The number of carbonyl (C=O) groups is 1. The molecule has 5 nitrogen and oxygen atoms in total. The summed E-state index contributed by atoms with van der Waals surface area (Å²) in [7, 11) is 0. The van der Waals surface area contributed by atoms with Crippen molar-refractivity contribution in [2.24, 2.45) is 5.73 Å². The smallest absolute Gasteiger partial charge is 0.344 e. The highest BCUT2D eigenvalue weighted by Gasteiger charge is 2.12. The van der Waals surface area contributed by atoms with E-state index >= 15 is 0 Å². The molecule has 0 saturated carbocycles. The Labute approximate surface area is 94.2 Å². The fourth-order valence-electron chi connectivity index (χ4n) is 1.19. The predicted molar refractivity (Wildman–Crippen MR) is 59.3 cm³/mol. The monoisotopic (exact) mass is 224 g/mol. The third-order valence-electron chi connectivity index (χ3n) is 1.99. The maximum Gasteiger partial charge on any atom is 0.344 e. The molecule has 0 radical (unpaired) electrons. The summed E-state index contributed by atoms with van der Waals surface area (Å²) in [5, 5.41) is 8.65. The largest absolute Gasteiger partial charge is 0.479 e. The van der Waals surface area contributed by atoms with E-state index in [0.717, 1.165) is 5.69 Å². The molecule has 0 amide bonds. The van der Waals surface area contributed by atoms with Crippen molar-refractivity contribution in [1.82, 2.24) is 4.98 Å². The highest BCUT2D eigenvalue weighted by Crippen LogP contribution is 2.12. The molecule has 0 aliphatic heterocycles. The van der Waals surface area contributed by atoms with Gasteiger partial charge in [-0.15, -0.1) is 0 Å². The molecule has 0 bridgehead atoms. The number of nitrogens with two attached hydrogens (primary N) is 1. The maximum atomic E-state index is 10.6. The lowest BCUT2D eigenvalue weighted by atomic mass is 10.2. The summed E-state index contributed by atoms with van der Waals surface area (Å²) in [6, 6.07) is 3.54. The van der Waals surface area contributed by atoms with Crippen LogP contribution in [0.2, 0.25) is 0 Å². The standard InChI is InChI=1S/C11H16N2O3/c1-7(12)5-9-3-4-10(6-13-9)16-8(2)11(14)15/h3-4,6-8H,5,12H2,1-2H3,(H,14,15). The molecule has 88 valence electrons. The van der Waals surface area contributed by atoms with Crippen molar-refractivity contribution >= 4 is 5.97 Å². The van der Waals surface area contributed by atoms with Gasteiger partial charge in [0.25, 0.3) is 0 Å². The Kier molecular flexibility index (Phi) is 4.25. The number of nitrogens with zero attached hydrogens (tertiary/aromatic N) is 1.